The van der Waals surface area contributed by atoms with Gasteiger partial charge in [-0.2, -0.15) is 0 Å². The van der Waals surface area contributed by atoms with E-state index in [2.05, 4.69) is 15.9 Å². The summed E-state index contributed by atoms with van der Waals surface area (Å²) in [5.74, 6) is -0.506. The monoisotopic (exact) mass is 443 g/mol. The lowest BCUT2D eigenvalue weighted by Crippen LogP contribution is -2.51. The van der Waals surface area contributed by atoms with Crippen LogP contribution in [0.2, 0.25) is 0 Å². The fourth-order valence-electron chi connectivity index (χ4n) is 2.57. The topological polar surface area (TPSA) is 125 Å². The van der Waals surface area contributed by atoms with Crippen LogP contribution in [0.4, 0.5) is 10.5 Å². The van der Waals surface area contributed by atoms with E-state index in [-0.39, 0.29) is 40.1 Å². The van der Waals surface area contributed by atoms with Crippen LogP contribution in [-0.4, -0.2) is 47.1 Å². The molecule has 0 aliphatic carbocycles. The second-order valence-electron chi connectivity index (χ2n) is 7.31. The summed E-state index contributed by atoms with van der Waals surface area (Å²) >= 11 is 3.07. The molecule has 1 aliphatic heterocycles. The lowest BCUT2D eigenvalue weighted by atomic mass is 9.97. The number of primary amides is 1. The number of nitrogens with two attached hydrogens (primary N) is 1. The number of likely N-dealkylation sites (tertiary alicyclic amines) is 1. The van der Waals surface area contributed by atoms with E-state index in [1.54, 1.807) is 25.7 Å². The Morgan fingerprint density at radius 2 is 2.00 bits per heavy atom. The van der Waals surface area contributed by atoms with Gasteiger partial charge in [-0.3, -0.25) is 14.9 Å². The summed E-state index contributed by atoms with van der Waals surface area (Å²) in [6.45, 7) is 6.73. The van der Waals surface area contributed by atoms with Crippen LogP contribution in [0.5, 0.6) is 5.75 Å². The van der Waals surface area contributed by atoms with E-state index in [4.69, 9.17) is 15.2 Å². The van der Waals surface area contributed by atoms with Crippen molar-refractivity contribution in [1.29, 1.82) is 0 Å². The predicted molar refractivity (Wildman–Crippen MR) is 101 cm³/mol. The number of amides is 2. The van der Waals surface area contributed by atoms with Gasteiger partial charge in [0.1, 0.15) is 10.1 Å². The molecule has 1 saturated heterocycles. The number of nitrogens with zero attached hydrogens (tertiary/aromatic N) is 2. The van der Waals surface area contributed by atoms with Crippen molar-refractivity contribution in [3.05, 3.63) is 32.3 Å². The Morgan fingerprint density at radius 3 is 2.52 bits per heavy atom. The van der Waals surface area contributed by atoms with Crippen LogP contribution in [0.15, 0.2) is 16.6 Å². The van der Waals surface area contributed by atoms with E-state index in [9.17, 15) is 19.7 Å². The van der Waals surface area contributed by atoms with Gasteiger partial charge in [0.05, 0.1) is 11.5 Å². The Bertz CT molecular complexity index is 756. The molecule has 0 aromatic heterocycles. The number of nitro groups is 1. The number of hydrogen-bond donors (Lipinski definition) is 1. The fourth-order valence-corrected chi connectivity index (χ4v) is 3.15. The second kappa shape index (κ2) is 8.12. The van der Waals surface area contributed by atoms with Gasteiger partial charge in [-0.05, 0) is 55.1 Å². The highest BCUT2D eigenvalue weighted by Gasteiger charge is 2.33. The zero-order valence-electron chi connectivity index (χ0n) is 15.4. The summed E-state index contributed by atoms with van der Waals surface area (Å²) in [6.07, 6.45) is 0.253. The molecule has 0 saturated carbocycles. The molecule has 27 heavy (non-hydrogen) atoms. The first-order chi connectivity index (χ1) is 12.5. The predicted octanol–water partition coefficient (Wildman–Crippen LogP) is 3.09. The number of carbonyl (C=O) groups is 2. The number of halogens is 1. The molecule has 1 aromatic rings. The van der Waals surface area contributed by atoms with E-state index in [0.29, 0.717) is 19.5 Å². The summed E-state index contributed by atoms with van der Waals surface area (Å²) in [7, 11) is 0. The Hall–Kier alpha value is -2.36. The Labute approximate surface area is 165 Å². The SMILES string of the molecule is CC(C)(C)OC(=O)N1CC(CCOc2cc(C(N)=O)cc(Br)c2[N+](=O)[O-])C1. The normalized spacial score (nSPS) is 14.4. The maximum Gasteiger partial charge on any atom is 0.410 e. The molecule has 2 amide bonds. The van der Waals surface area contributed by atoms with Gasteiger partial charge < -0.3 is 20.1 Å². The van der Waals surface area contributed by atoms with Gasteiger partial charge in [-0.15, -0.1) is 0 Å². The molecule has 10 heteroatoms. The molecule has 1 aromatic carbocycles. The minimum absolute atomic E-state index is 0.0218. The van der Waals surface area contributed by atoms with Crippen molar-refractivity contribution in [1.82, 2.24) is 4.90 Å². The van der Waals surface area contributed by atoms with Gasteiger partial charge in [-0.25, -0.2) is 4.79 Å². The lowest BCUT2D eigenvalue weighted by Gasteiger charge is -2.39. The average Bonchev–Trinajstić information content (AvgIpc) is 2.46. The van der Waals surface area contributed by atoms with Crippen LogP contribution >= 0.6 is 15.9 Å². The zero-order valence-corrected chi connectivity index (χ0v) is 16.9. The molecular formula is C17H22BrN3O6. The third-order valence-corrected chi connectivity index (χ3v) is 4.49. The number of rotatable bonds is 6. The van der Waals surface area contributed by atoms with Crippen molar-refractivity contribution in [3.63, 3.8) is 0 Å². The van der Waals surface area contributed by atoms with Gasteiger partial charge >= 0.3 is 11.8 Å². The van der Waals surface area contributed by atoms with Crippen LogP contribution in [0.25, 0.3) is 0 Å². The summed E-state index contributed by atoms with van der Waals surface area (Å²) in [6, 6.07) is 2.55. The van der Waals surface area contributed by atoms with E-state index < -0.39 is 16.4 Å². The first-order valence-corrected chi connectivity index (χ1v) is 9.15. The van der Waals surface area contributed by atoms with E-state index >= 15 is 0 Å². The molecule has 1 aliphatic rings. The largest absolute Gasteiger partial charge is 0.487 e. The minimum Gasteiger partial charge on any atom is -0.487 e. The number of benzene rings is 1. The number of nitro benzene ring substituents is 1. The molecule has 0 radical (unpaired) electrons. The zero-order chi connectivity index (χ0) is 20.4. The van der Waals surface area contributed by atoms with Crippen LogP contribution in [0.3, 0.4) is 0 Å². The second-order valence-corrected chi connectivity index (χ2v) is 8.17. The van der Waals surface area contributed by atoms with Gasteiger partial charge in [0, 0.05) is 24.7 Å². The Morgan fingerprint density at radius 1 is 1.37 bits per heavy atom. The number of carbonyl (C=O) groups excluding carboxylic acids is 2. The summed E-state index contributed by atoms with van der Waals surface area (Å²) in [5.41, 5.74) is 4.55. The van der Waals surface area contributed by atoms with E-state index in [1.165, 1.54) is 12.1 Å². The van der Waals surface area contributed by atoms with Crippen molar-refractivity contribution in [3.8, 4) is 5.75 Å². The molecule has 1 fully saturated rings. The van der Waals surface area contributed by atoms with Crippen molar-refractivity contribution < 1.29 is 24.0 Å². The van der Waals surface area contributed by atoms with E-state index in [0.717, 1.165) is 0 Å². The van der Waals surface area contributed by atoms with E-state index in [1.807, 2.05) is 0 Å². The number of hydrogen-bond acceptors (Lipinski definition) is 6. The molecule has 148 valence electrons. The van der Waals surface area contributed by atoms with Crippen molar-refractivity contribution in [2.75, 3.05) is 19.7 Å². The van der Waals surface area contributed by atoms with Gasteiger partial charge in [0.2, 0.25) is 5.91 Å². The molecule has 2 rings (SSSR count). The summed E-state index contributed by atoms with van der Waals surface area (Å²) < 4.78 is 10.9. The quantitative estimate of drug-likeness (QED) is 0.531. The van der Waals surface area contributed by atoms with Crippen LogP contribution in [-0.2, 0) is 4.74 Å². The maximum atomic E-state index is 11.9. The Kier molecular flexibility index (Phi) is 6.30. The molecule has 2 N–H and O–H groups in total. The standard InChI is InChI=1S/C17H22BrN3O6/c1-17(2,3)27-16(23)20-8-10(9-20)4-5-26-13-7-11(15(19)22)6-12(18)14(13)21(24)25/h6-7,10H,4-5,8-9H2,1-3H3,(H2,19,22). The minimum atomic E-state index is -0.706. The highest BCUT2D eigenvalue weighted by Crippen LogP contribution is 2.36. The van der Waals surface area contributed by atoms with Crippen molar-refractivity contribution >= 4 is 33.6 Å². The van der Waals surface area contributed by atoms with Gasteiger partial charge in [-0.1, -0.05) is 0 Å². The summed E-state index contributed by atoms with van der Waals surface area (Å²) in [5, 5.41) is 11.2. The third kappa shape index (κ3) is 5.56. The lowest BCUT2D eigenvalue weighted by molar-refractivity contribution is -0.386. The van der Waals surface area contributed by atoms with Gasteiger partial charge in [0.25, 0.3) is 0 Å². The first-order valence-electron chi connectivity index (χ1n) is 8.36. The van der Waals surface area contributed by atoms with Crippen LogP contribution < -0.4 is 10.5 Å². The van der Waals surface area contributed by atoms with Crippen LogP contribution in [0.1, 0.15) is 37.6 Å². The molecule has 0 unspecified atom stereocenters. The third-order valence-electron chi connectivity index (χ3n) is 3.89. The van der Waals surface area contributed by atoms with Gasteiger partial charge in [0.15, 0.2) is 5.75 Å². The van der Waals surface area contributed by atoms with Crippen molar-refractivity contribution in [2.45, 2.75) is 32.8 Å². The highest BCUT2D eigenvalue weighted by molar-refractivity contribution is 9.10. The molecular weight excluding hydrogens is 422 g/mol. The fraction of sp³-hybridized carbons (Fsp3) is 0.529. The van der Waals surface area contributed by atoms with Crippen molar-refractivity contribution in [2.24, 2.45) is 11.7 Å². The average molecular weight is 444 g/mol. The highest BCUT2D eigenvalue weighted by atomic mass is 79.9. The molecule has 1 heterocycles. The molecule has 0 spiro atoms. The molecule has 9 nitrogen and oxygen atoms in total. The summed E-state index contributed by atoms with van der Waals surface area (Å²) in [4.78, 5) is 35.5. The number of ether oxygens (including phenoxy) is 2. The van der Waals surface area contributed by atoms with Crippen LogP contribution in [0, 0.1) is 16.0 Å². The maximum absolute atomic E-state index is 11.9. The first kappa shape index (κ1) is 20.9. The smallest absolute Gasteiger partial charge is 0.410 e. The molecule has 0 atom stereocenters. The molecule has 0 bridgehead atoms. The Balaban J connectivity index is 1.90.